The van der Waals surface area contributed by atoms with Crippen molar-refractivity contribution < 1.29 is 14.6 Å². The summed E-state index contributed by atoms with van der Waals surface area (Å²) in [5, 5.41) is 9.21. The van der Waals surface area contributed by atoms with Crippen molar-refractivity contribution >= 4 is 22.2 Å². The lowest BCUT2D eigenvalue weighted by molar-refractivity contribution is 0.111. The molecular formula is C8H7BrO3. The molecule has 0 aliphatic heterocycles. The van der Waals surface area contributed by atoms with Crippen molar-refractivity contribution in [2.75, 3.05) is 7.11 Å². The minimum Gasteiger partial charge on any atom is -0.507 e. The number of rotatable bonds is 2. The molecule has 0 amide bonds. The highest BCUT2D eigenvalue weighted by atomic mass is 79.9. The smallest absolute Gasteiger partial charge is 0.157 e. The second-order valence-electron chi connectivity index (χ2n) is 2.13. The average Bonchev–Trinajstić information content (AvgIpc) is 2.08. The van der Waals surface area contributed by atoms with Crippen LogP contribution in [0, 0.1) is 0 Å². The van der Waals surface area contributed by atoms with Gasteiger partial charge < -0.3 is 9.84 Å². The quantitative estimate of drug-likeness (QED) is 0.791. The van der Waals surface area contributed by atoms with Crippen LogP contribution < -0.4 is 4.74 Å². The molecule has 0 aliphatic rings. The molecule has 0 bridgehead atoms. The first-order valence-corrected chi connectivity index (χ1v) is 4.00. The molecule has 0 atom stereocenters. The van der Waals surface area contributed by atoms with E-state index >= 15 is 0 Å². The van der Waals surface area contributed by atoms with E-state index in [2.05, 4.69) is 15.9 Å². The Morgan fingerprint density at radius 2 is 2.25 bits per heavy atom. The molecule has 1 N–H and O–H groups in total. The first kappa shape index (κ1) is 9.06. The third kappa shape index (κ3) is 1.43. The summed E-state index contributed by atoms with van der Waals surface area (Å²) >= 11 is 3.19. The van der Waals surface area contributed by atoms with Crippen LogP contribution in [0.5, 0.6) is 11.5 Å². The summed E-state index contributed by atoms with van der Waals surface area (Å²) in [4.78, 5) is 10.5. The summed E-state index contributed by atoms with van der Waals surface area (Å²) in [5.74, 6) is 0.273. The topological polar surface area (TPSA) is 46.5 Å². The van der Waals surface area contributed by atoms with Crippen molar-refractivity contribution in [1.82, 2.24) is 0 Å². The number of benzene rings is 1. The van der Waals surface area contributed by atoms with Crippen LogP contribution in [-0.4, -0.2) is 18.5 Å². The highest BCUT2D eigenvalue weighted by Crippen LogP contribution is 2.33. The lowest BCUT2D eigenvalue weighted by atomic mass is 10.2. The number of carbonyl (C=O) groups is 1. The van der Waals surface area contributed by atoms with Crippen LogP contribution in [0.3, 0.4) is 0 Å². The lowest BCUT2D eigenvalue weighted by Gasteiger charge is -2.06. The predicted molar refractivity (Wildman–Crippen MR) is 47.7 cm³/mol. The van der Waals surface area contributed by atoms with E-state index in [-0.39, 0.29) is 11.3 Å². The van der Waals surface area contributed by atoms with Crippen molar-refractivity contribution in [2.45, 2.75) is 0 Å². The molecule has 0 unspecified atom stereocenters. The molecule has 1 rings (SSSR count). The zero-order valence-corrected chi connectivity index (χ0v) is 7.96. The predicted octanol–water partition coefficient (Wildman–Crippen LogP) is 1.98. The molecule has 0 saturated carbocycles. The van der Waals surface area contributed by atoms with Crippen LogP contribution in [0.25, 0.3) is 0 Å². The highest BCUT2D eigenvalue weighted by molar-refractivity contribution is 9.10. The zero-order valence-electron chi connectivity index (χ0n) is 6.37. The number of hydrogen-bond donors (Lipinski definition) is 1. The molecule has 64 valence electrons. The summed E-state index contributed by atoms with van der Waals surface area (Å²) in [5.41, 5.74) is 0.159. The highest BCUT2D eigenvalue weighted by Gasteiger charge is 2.10. The summed E-state index contributed by atoms with van der Waals surface area (Å²) in [6.07, 6.45) is 0.554. The minimum absolute atomic E-state index is 0.0787. The Balaban J connectivity index is 3.38. The molecular weight excluding hydrogens is 224 g/mol. The van der Waals surface area contributed by atoms with Gasteiger partial charge in [-0.1, -0.05) is 0 Å². The number of aromatic hydroxyl groups is 1. The number of ether oxygens (including phenoxy) is 1. The normalized spacial score (nSPS) is 9.50. The van der Waals surface area contributed by atoms with Crippen molar-refractivity contribution in [3.05, 3.63) is 22.2 Å². The SMILES string of the molecule is COc1c(Br)ccc(O)c1C=O. The maximum absolute atomic E-state index is 10.5. The van der Waals surface area contributed by atoms with Gasteiger partial charge in [0.15, 0.2) is 6.29 Å². The van der Waals surface area contributed by atoms with E-state index in [9.17, 15) is 9.90 Å². The van der Waals surface area contributed by atoms with Gasteiger partial charge in [-0.3, -0.25) is 4.79 Å². The second kappa shape index (κ2) is 3.58. The van der Waals surface area contributed by atoms with Crippen LogP contribution in [-0.2, 0) is 0 Å². The molecule has 3 nitrogen and oxygen atoms in total. The maximum Gasteiger partial charge on any atom is 0.157 e. The number of hydrogen-bond acceptors (Lipinski definition) is 3. The fourth-order valence-electron chi connectivity index (χ4n) is 0.884. The Hall–Kier alpha value is -1.03. The monoisotopic (exact) mass is 230 g/mol. The summed E-state index contributed by atoms with van der Waals surface area (Å²) in [6, 6.07) is 3.04. The van der Waals surface area contributed by atoms with Gasteiger partial charge in [0, 0.05) is 0 Å². The first-order chi connectivity index (χ1) is 5.70. The molecule has 0 fully saturated rings. The van der Waals surface area contributed by atoms with Crippen molar-refractivity contribution in [1.29, 1.82) is 0 Å². The standard InChI is InChI=1S/C8H7BrO3/c1-12-8-5(4-10)7(11)3-2-6(8)9/h2-4,11H,1H3. The largest absolute Gasteiger partial charge is 0.507 e. The van der Waals surface area contributed by atoms with Gasteiger partial charge in [-0.15, -0.1) is 0 Å². The van der Waals surface area contributed by atoms with Gasteiger partial charge in [0.1, 0.15) is 11.5 Å². The maximum atomic E-state index is 10.5. The van der Waals surface area contributed by atoms with Gasteiger partial charge in [0.25, 0.3) is 0 Å². The van der Waals surface area contributed by atoms with E-state index in [1.54, 1.807) is 6.07 Å². The van der Waals surface area contributed by atoms with E-state index in [1.807, 2.05) is 0 Å². The van der Waals surface area contributed by atoms with E-state index < -0.39 is 0 Å². The molecule has 0 aromatic heterocycles. The fourth-order valence-corrected chi connectivity index (χ4v) is 1.39. The number of phenols is 1. The molecule has 4 heteroatoms. The van der Waals surface area contributed by atoms with Crippen molar-refractivity contribution in [2.24, 2.45) is 0 Å². The Labute approximate surface area is 78.1 Å². The average molecular weight is 231 g/mol. The van der Waals surface area contributed by atoms with Gasteiger partial charge in [-0.2, -0.15) is 0 Å². The van der Waals surface area contributed by atoms with Gasteiger partial charge in [-0.25, -0.2) is 0 Å². The molecule has 0 aliphatic carbocycles. The number of phenolic OH excluding ortho intramolecular Hbond substituents is 1. The van der Waals surface area contributed by atoms with Crippen LogP contribution in [0.15, 0.2) is 16.6 Å². The van der Waals surface area contributed by atoms with Crippen LogP contribution in [0.2, 0.25) is 0 Å². The number of carbonyl (C=O) groups excluding carboxylic acids is 1. The summed E-state index contributed by atoms with van der Waals surface area (Å²) < 4.78 is 5.55. The molecule has 12 heavy (non-hydrogen) atoms. The van der Waals surface area contributed by atoms with E-state index in [0.29, 0.717) is 16.5 Å². The summed E-state index contributed by atoms with van der Waals surface area (Å²) in [7, 11) is 1.44. The molecule has 0 saturated heterocycles. The Morgan fingerprint density at radius 1 is 1.58 bits per heavy atom. The molecule has 0 spiro atoms. The van der Waals surface area contributed by atoms with E-state index in [4.69, 9.17) is 4.74 Å². The Kier molecular flexibility index (Phi) is 2.70. The molecule has 1 aromatic carbocycles. The fraction of sp³-hybridized carbons (Fsp3) is 0.125. The van der Waals surface area contributed by atoms with Crippen LogP contribution in [0.4, 0.5) is 0 Å². The first-order valence-electron chi connectivity index (χ1n) is 3.21. The van der Waals surface area contributed by atoms with Crippen molar-refractivity contribution in [3.8, 4) is 11.5 Å². The third-order valence-corrected chi connectivity index (χ3v) is 2.07. The van der Waals surface area contributed by atoms with Gasteiger partial charge >= 0.3 is 0 Å². The second-order valence-corrected chi connectivity index (χ2v) is 2.99. The molecule has 0 heterocycles. The van der Waals surface area contributed by atoms with Crippen LogP contribution >= 0.6 is 15.9 Å². The Bertz CT molecular complexity index is 309. The van der Waals surface area contributed by atoms with E-state index in [0.717, 1.165) is 0 Å². The third-order valence-electron chi connectivity index (χ3n) is 1.45. The number of halogens is 1. The zero-order chi connectivity index (χ0) is 9.14. The van der Waals surface area contributed by atoms with Gasteiger partial charge in [0.2, 0.25) is 0 Å². The van der Waals surface area contributed by atoms with Crippen LogP contribution in [0.1, 0.15) is 10.4 Å². The molecule has 1 aromatic rings. The van der Waals surface area contributed by atoms with Gasteiger partial charge in [-0.05, 0) is 28.1 Å². The lowest BCUT2D eigenvalue weighted by Crippen LogP contribution is -1.91. The molecule has 0 radical (unpaired) electrons. The summed E-state index contributed by atoms with van der Waals surface area (Å²) in [6.45, 7) is 0. The van der Waals surface area contributed by atoms with Gasteiger partial charge in [0.05, 0.1) is 17.1 Å². The number of aldehydes is 1. The Morgan fingerprint density at radius 3 is 2.67 bits per heavy atom. The number of methoxy groups -OCH3 is 1. The van der Waals surface area contributed by atoms with E-state index in [1.165, 1.54) is 13.2 Å². The minimum atomic E-state index is -0.0787. The van der Waals surface area contributed by atoms with Crippen molar-refractivity contribution in [3.63, 3.8) is 0 Å².